The summed E-state index contributed by atoms with van der Waals surface area (Å²) in [6.45, 7) is 0. The van der Waals surface area contributed by atoms with Crippen molar-refractivity contribution in [3.05, 3.63) is 0 Å². The molecule has 1 unspecified atom stereocenters. The fourth-order valence-electron chi connectivity index (χ4n) is 3.04. The van der Waals surface area contributed by atoms with Gasteiger partial charge in [-0.15, -0.1) is 0 Å². The van der Waals surface area contributed by atoms with Gasteiger partial charge < -0.3 is 10.4 Å². The summed E-state index contributed by atoms with van der Waals surface area (Å²) in [6, 6.07) is 0.0623. The van der Waals surface area contributed by atoms with Crippen LogP contribution in [0, 0.1) is 11.8 Å². The van der Waals surface area contributed by atoms with Crippen molar-refractivity contribution in [1.82, 2.24) is 5.32 Å². The van der Waals surface area contributed by atoms with E-state index in [1.165, 1.54) is 32.1 Å². The molecule has 2 fully saturated rings. The fraction of sp³-hybridized carbons (Fsp3) is 0.867. The molecule has 4 nitrogen and oxygen atoms in total. The summed E-state index contributed by atoms with van der Waals surface area (Å²) >= 11 is 0. The first-order valence-corrected chi connectivity index (χ1v) is 7.67. The third-order valence-corrected chi connectivity index (χ3v) is 4.34. The minimum absolute atomic E-state index is 0.0623. The number of carbonyl (C=O) groups excluding carboxylic acids is 1. The standard InChI is InChI=1S/C15H25NO3/c17-14(18)9-8-13(16-15(19)12-6-7-12)10-11-4-2-1-3-5-11/h11-13H,1-10H2,(H,16,19)(H,17,18). The lowest BCUT2D eigenvalue weighted by molar-refractivity contribution is -0.137. The minimum Gasteiger partial charge on any atom is -0.481 e. The predicted octanol–water partition coefficient (Wildman–Crippen LogP) is 2.72. The van der Waals surface area contributed by atoms with E-state index in [2.05, 4.69) is 5.32 Å². The van der Waals surface area contributed by atoms with Crippen molar-refractivity contribution in [1.29, 1.82) is 0 Å². The zero-order chi connectivity index (χ0) is 13.7. The van der Waals surface area contributed by atoms with Crippen LogP contribution in [0.15, 0.2) is 0 Å². The molecule has 0 aromatic rings. The van der Waals surface area contributed by atoms with Gasteiger partial charge in [-0.2, -0.15) is 0 Å². The molecule has 1 atom stereocenters. The van der Waals surface area contributed by atoms with Gasteiger partial charge in [-0.1, -0.05) is 32.1 Å². The van der Waals surface area contributed by atoms with Gasteiger partial charge in [0.1, 0.15) is 0 Å². The van der Waals surface area contributed by atoms with Crippen molar-refractivity contribution in [3.63, 3.8) is 0 Å². The molecule has 0 aromatic heterocycles. The van der Waals surface area contributed by atoms with Crippen LogP contribution in [0.2, 0.25) is 0 Å². The molecular formula is C15H25NO3. The van der Waals surface area contributed by atoms with Gasteiger partial charge in [0.15, 0.2) is 0 Å². The van der Waals surface area contributed by atoms with E-state index < -0.39 is 5.97 Å². The van der Waals surface area contributed by atoms with Crippen LogP contribution in [0.1, 0.15) is 64.2 Å². The second-order valence-corrected chi connectivity index (χ2v) is 6.15. The van der Waals surface area contributed by atoms with Gasteiger partial charge in [0.25, 0.3) is 0 Å². The van der Waals surface area contributed by atoms with E-state index in [9.17, 15) is 9.59 Å². The molecule has 2 aliphatic carbocycles. The quantitative estimate of drug-likeness (QED) is 0.745. The van der Waals surface area contributed by atoms with Crippen molar-refractivity contribution >= 4 is 11.9 Å². The van der Waals surface area contributed by atoms with Crippen LogP contribution < -0.4 is 5.32 Å². The number of amides is 1. The molecule has 108 valence electrons. The second kappa shape index (κ2) is 6.92. The summed E-state index contributed by atoms with van der Waals surface area (Å²) in [7, 11) is 0. The largest absolute Gasteiger partial charge is 0.481 e. The Morgan fingerprint density at radius 1 is 1.11 bits per heavy atom. The molecule has 0 radical (unpaired) electrons. The zero-order valence-electron chi connectivity index (χ0n) is 11.6. The molecule has 0 spiro atoms. The molecule has 0 aliphatic heterocycles. The highest BCUT2D eigenvalue weighted by Gasteiger charge is 2.31. The number of aliphatic carboxylic acids is 1. The van der Waals surface area contributed by atoms with Gasteiger partial charge in [-0.25, -0.2) is 0 Å². The van der Waals surface area contributed by atoms with E-state index in [1.807, 2.05) is 0 Å². The number of rotatable bonds is 7. The lowest BCUT2D eigenvalue weighted by Gasteiger charge is -2.27. The Morgan fingerprint density at radius 3 is 2.37 bits per heavy atom. The van der Waals surface area contributed by atoms with Gasteiger partial charge in [0.05, 0.1) is 0 Å². The molecule has 2 rings (SSSR count). The third-order valence-electron chi connectivity index (χ3n) is 4.34. The van der Waals surface area contributed by atoms with Gasteiger partial charge in [-0.05, 0) is 31.6 Å². The average Bonchev–Trinajstić information content (AvgIpc) is 3.21. The second-order valence-electron chi connectivity index (χ2n) is 6.15. The van der Waals surface area contributed by atoms with Gasteiger partial charge >= 0.3 is 5.97 Å². The first kappa shape index (κ1) is 14.4. The molecule has 4 heteroatoms. The number of carboxylic acids is 1. The van der Waals surface area contributed by atoms with Crippen molar-refractivity contribution in [2.75, 3.05) is 0 Å². The van der Waals surface area contributed by atoms with E-state index >= 15 is 0 Å². The van der Waals surface area contributed by atoms with Gasteiger partial charge in [0, 0.05) is 18.4 Å². The molecule has 2 saturated carbocycles. The van der Waals surface area contributed by atoms with Crippen LogP contribution in [-0.2, 0) is 9.59 Å². The maximum Gasteiger partial charge on any atom is 0.303 e. The topological polar surface area (TPSA) is 66.4 Å². The first-order chi connectivity index (χ1) is 9.15. The molecule has 0 saturated heterocycles. The summed E-state index contributed by atoms with van der Waals surface area (Å²) in [5, 5.41) is 11.9. The highest BCUT2D eigenvalue weighted by Crippen LogP contribution is 2.31. The van der Waals surface area contributed by atoms with E-state index in [0.29, 0.717) is 12.3 Å². The Morgan fingerprint density at radius 2 is 1.79 bits per heavy atom. The SMILES string of the molecule is O=C(O)CCC(CC1CCCCC1)NC(=O)C1CC1. The van der Waals surface area contributed by atoms with Crippen LogP contribution >= 0.6 is 0 Å². The van der Waals surface area contributed by atoms with Gasteiger partial charge in [-0.3, -0.25) is 9.59 Å². The minimum atomic E-state index is -0.769. The summed E-state index contributed by atoms with van der Waals surface area (Å²) in [4.78, 5) is 22.6. The van der Waals surface area contributed by atoms with Crippen molar-refractivity contribution < 1.29 is 14.7 Å². The highest BCUT2D eigenvalue weighted by atomic mass is 16.4. The van der Waals surface area contributed by atoms with Crippen LogP contribution in [-0.4, -0.2) is 23.0 Å². The number of hydrogen-bond donors (Lipinski definition) is 2. The lowest BCUT2D eigenvalue weighted by atomic mass is 9.84. The van der Waals surface area contributed by atoms with E-state index in [4.69, 9.17) is 5.11 Å². The smallest absolute Gasteiger partial charge is 0.303 e. The fourth-order valence-corrected chi connectivity index (χ4v) is 3.04. The average molecular weight is 267 g/mol. The van der Waals surface area contributed by atoms with Crippen LogP contribution in [0.4, 0.5) is 0 Å². The maximum atomic E-state index is 11.8. The lowest BCUT2D eigenvalue weighted by Crippen LogP contribution is -2.38. The normalized spacial score (nSPS) is 21.9. The number of nitrogens with one attached hydrogen (secondary N) is 1. The molecular weight excluding hydrogens is 242 g/mol. The maximum absolute atomic E-state index is 11.8. The number of hydrogen-bond acceptors (Lipinski definition) is 2. The van der Waals surface area contributed by atoms with Gasteiger partial charge in [0.2, 0.25) is 5.91 Å². The predicted molar refractivity (Wildman–Crippen MR) is 72.7 cm³/mol. The molecule has 0 heterocycles. The number of carboxylic acid groups (broad SMARTS) is 1. The molecule has 1 amide bonds. The summed E-state index contributed by atoms with van der Waals surface area (Å²) in [6.07, 6.45) is 10.1. The van der Waals surface area contributed by atoms with E-state index in [0.717, 1.165) is 19.3 Å². The molecule has 0 aromatic carbocycles. The summed E-state index contributed by atoms with van der Waals surface area (Å²) < 4.78 is 0. The highest BCUT2D eigenvalue weighted by molar-refractivity contribution is 5.81. The van der Waals surface area contributed by atoms with Crippen molar-refractivity contribution in [2.45, 2.75) is 70.3 Å². The van der Waals surface area contributed by atoms with Crippen molar-refractivity contribution in [3.8, 4) is 0 Å². The summed E-state index contributed by atoms with van der Waals surface area (Å²) in [5.41, 5.74) is 0. The third kappa shape index (κ3) is 5.21. The Bertz CT molecular complexity index is 319. The molecule has 2 aliphatic rings. The van der Waals surface area contributed by atoms with Crippen LogP contribution in [0.5, 0.6) is 0 Å². The van der Waals surface area contributed by atoms with E-state index in [-0.39, 0.29) is 24.3 Å². The van der Waals surface area contributed by atoms with Crippen LogP contribution in [0.25, 0.3) is 0 Å². The van der Waals surface area contributed by atoms with Crippen molar-refractivity contribution in [2.24, 2.45) is 11.8 Å². The van der Waals surface area contributed by atoms with Crippen LogP contribution in [0.3, 0.4) is 0 Å². The Hall–Kier alpha value is -1.06. The molecule has 19 heavy (non-hydrogen) atoms. The Balaban J connectivity index is 1.80. The molecule has 0 bridgehead atoms. The first-order valence-electron chi connectivity index (χ1n) is 7.67. The Labute approximate surface area is 115 Å². The summed E-state index contributed by atoms with van der Waals surface area (Å²) in [5.74, 6) is 0.256. The van der Waals surface area contributed by atoms with E-state index in [1.54, 1.807) is 0 Å². The number of carbonyl (C=O) groups is 2. The Kier molecular flexibility index (Phi) is 5.23. The molecule has 2 N–H and O–H groups in total. The zero-order valence-corrected chi connectivity index (χ0v) is 11.6. The monoisotopic (exact) mass is 267 g/mol.